The van der Waals surface area contributed by atoms with Crippen LogP contribution in [0.3, 0.4) is 0 Å². The zero-order valence-corrected chi connectivity index (χ0v) is 10.1. The lowest BCUT2D eigenvalue weighted by Crippen LogP contribution is -2.28. The minimum absolute atomic E-state index is 0.356. The Kier molecular flexibility index (Phi) is 3.61. The lowest BCUT2D eigenvalue weighted by atomic mass is 10.2. The molecule has 4 heteroatoms. The molecular weight excluding hydrogens is 216 g/mol. The first-order valence-corrected chi connectivity index (χ1v) is 6.14. The molecule has 0 aliphatic heterocycles. The molecule has 1 fully saturated rings. The van der Waals surface area contributed by atoms with Crippen LogP contribution in [0.25, 0.3) is 0 Å². The summed E-state index contributed by atoms with van der Waals surface area (Å²) in [6, 6.07) is 1.58. The molecule has 0 amide bonds. The van der Waals surface area contributed by atoms with Crippen LogP contribution in [0.1, 0.15) is 36.5 Å². The van der Waals surface area contributed by atoms with Crippen molar-refractivity contribution in [3.05, 3.63) is 24.0 Å². The SMILES string of the molecule is CCCN(CC1CC1)c1cnccc1C(=O)O. The van der Waals surface area contributed by atoms with Gasteiger partial charge in [-0.15, -0.1) is 0 Å². The summed E-state index contributed by atoms with van der Waals surface area (Å²) in [5.41, 5.74) is 1.11. The molecule has 0 spiro atoms. The highest BCUT2D eigenvalue weighted by Crippen LogP contribution is 2.32. The highest BCUT2D eigenvalue weighted by Gasteiger charge is 2.26. The van der Waals surface area contributed by atoms with E-state index in [-0.39, 0.29) is 0 Å². The Morgan fingerprint density at radius 2 is 2.35 bits per heavy atom. The monoisotopic (exact) mass is 234 g/mol. The summed E-state index contributed by atoms with van der Waals surface area (Å²) < 4.78 is 0. The van der Waals surface area contributed by atoms with E-state index in [1.165, 1.54) is 19.0 Å². The molecule has 1 aromatic heterocycles. The third-order valence-electron chi connectivity index (χ3n) is 3.04. The summed E-state index contributed by atoms with van der Waals surface area (Å²) in [5, 5.41) is 9.18. The van der Waals surface area contributed by atoms with Crippen LogP contribution < -0.4 is 4.90 Å². The van der Waals surface area contributed by atoms with Crippen LogP contribution in [0.15, 0.2) is 18.5 Å². The van der Waals surface area contributed by atoms with E-state index in [0.717, 1.165) is 31.1 Å². The molecule has 1 heterocycles. The van der Waals surface area contributed by atoms with Crippen LogP contribution in [0.4, 0.5) is 5.69 Å². The molecule has 0 saturated heterocycles. The minimum atomic E-state index is -0.876. The average molecular weight is 234 g/mol. The van der Waals surface area contributed by atoms with Gasteiger partial charge in [0.25, 0.3) is 0 Å². The number of hydrogen-bond acceptors (Lipinski definition) is 3. The second-order valence-corrected chi connectivity index (χ2v) is 4.59. The second kappa shape index (κ2) is 5.17. The van der Waals surface area contributed by atoms with Crippen molar-refractivity contribution in [2.75, 3.05) is 18.0 Å². The van der Waals surface area contributed by atoms with Crippen LogP contribution in [0.2, 0.25) is 0 Å². The Hall–Kier alpha value is -1.58. The van der Waals surface area contributed by atoms with Gasteiger partial charge in [0.1, 0.15) is 0 Å². The van der Waals surface area contributed by atoms with Gasteiger partial charge in [-0.1, -0.05) is 6.92 Å². The van der Waals surface area contributed by atoms with Crippen LogP contribution in [-0.4, -0.2) is 29.1 Å². The Morgan fingerprint density at radius 3 is 2.94 bits per heavy atom. The number of anilines is 1. The molecule has 1 N–H and O–H groups in total. The second-order valence-electron chi connectivity index (χ2n) is 4.59. The van der Waals surface area contributed by atoms with E-state index < -0.39 is 5.97 Å². The van der Waals surface area contributed by atoms with E-state index in [9.17, 15) is 9.90 Å². The summed E-state index contributed by atoms with van der Waals surface area (Å²) in [6.45, 7) is 3.96. The van der Waals surface area contributed by atoms with Gasteiger partial charge in [0, 0.05) is 19.3 Å². The van der Waals surface area contributed by atoms with Gasteiger partial charge in [-0.25, -0.2) is 4.79 Å². The Bertz CT molecular complexity index is 402. The molecule has 0 radical (unpaired) electrons. The zero-order valence-electron chi connectivity index (χ0n) is 10.1. The quantitative estimate of drug-likeness (QED) is 0.821. The van der Waals surface area contributed by atoms with E-state index >= 15 is 0 Å². The van der Waals surface area contributed by atoms with Gasteiger partial charge < -0.3 is 10.0 Å². The number of pyridine rings is 1. The molecule has 1 aliphatic carbocycles. The fourth-order valence-corrected chi connectivity index (χ4v) is 2.01. The van der Waals surface area contributed by atoms with Crippen molar-refractivity contribution in [2.45, 2.75) is 26.2 Å². The van der Waals surface area contributed by atoms with E-state index in [1.54, 1.807) is 12.3 Å². The molecule has 0 aromatic carbocycles. The minimum Gasteiger partial charge on any atom is -0.478 e. The maximum atomic E-state index is 11.2. The first kappa shape index (κ1) is 11.9. The number of carboxylic acid groups (broad SMARTS) is 1. The smallest absolute Gasteiger partial charge is 0.337 e. The molecule has 1 aromatic rings. The van der Waals surface area contributed by atoms with Gasteiger partial charge in [0.15, 0.2) is 0 Å². The number of nitrogens with zero attached hydrogens (tertiary/aromatic N) is 2. The van der Waals surface area contributed by atoms with Crippen LogP contribution in [0, 0.1) is 5.92 Å². The van der Waals surface area contributed by atoms with Crippen LogP contribution in [-0.2, 0) is 0 Å². The largest absolute Gasteiger partial charge is 0.478 e. The molecule has 0 unspecified atom stereocenters. The summed E-state index contributed by atoms with van der Waals surface area (Å²) >= 11 is 0. The van der Waals surface area contributed by atoms with Gasteiger partial charge >= 0.3 is 5.97 Å². The first-order chi connectivity index (χ1) is 8.22. The normalized spacial score (nSPS) is 14.6. The third kappa shape index (κ3) is 2.96. The Morgan fingerprint density at radius 1 is 1.59 bits per heavy atom. The standard InChI is InChI=1S/C13H18N2O2/c1-2-7-15(9-10-3-4-10)12-8-14-6-5-11(12)13(16)17/h5-6,8,10H,2-4,7,9H2,1H3,(H,16,17). The fourth-order valence-electron chi connectivity index (χ4n) is 2.01. The van der Waals surface area contributed by atoms with Gasteiger partial charge in [-0.05, 0) is 31.2 Å². The molecular formula is C13H18N2O2. The van der Waals surface area contributed by atoms with Gasteiger partial charge in [0.05, 0.1) is 17.4 Å². The van der Waals surface area contributed by atoms with Crippen molar-refractivity contribution >= 4 is 11.7 Å². The van der Waals surface area contributed by atoms with Crippen molar-refractivity contribution in [2.24, 2.45) is 5.92 Å². The maximum absolute atomic E-state index is 11.2. The van der Waals surface area contributed by atoms with Crippen LogP contribution in [0.5, 0.6) is 0 Å². The first-order valence-electron chi connectivity index (χ1n) is 6.14. The number of rotatable bonds is 6. The highest BCUT2D eigenvalue weighted by atomic mass is 16.4. The maximum Gasteiger partial charge on any atom is 0.337 e. The van der Waals surface area contributed by atoms with Gasteiger partial charge in [-0.2, -0.15) is 0 Å². The molecule has 4 nitrogen and oxygen atoms in total. The topological polar surface area (TPSA) is 53.4 Å². The molecule has 0 bridgehead atoms. The molecule has 1 saturated carbocycles. The van der Waals surface area contributed by atoms with Crippen LogP contribution >= 0.6 is 0 Å². The van der Waals surface area contributed by atoms with Gasteiger partial charge in [-0.3, -0.25) is 4.98 Å². The van der Waals surface area contributed by atoms with E-state index in [1.807, 2.05) is 0 Å². The van der Waals surface area contributed by atoms with Crippen molar-refractivity contribution < 1.29 is 9.90 Å². The number of aromatic nitrogens is 1. The average Bonchev–Trinajstić information content (AvgIpc) is 3.12. The van der Waals surface area contributed by atoms with E-state index in [0.29, 0.717) is 5.56 Å². The number of aromatic carboxylic acids is 1. The lowest BCUT2D eigenvalue weighted by molar-refractivity contribution is 0.0697. The molecule has 92 valence electrons. The summed E-state index contributed by atoms with van der Waals surface area (Å²) in [6.07, 6.45) is 6.75. The summed E-state index contributed by atoms with van der Waals surface area (Å²) in [5.74, 6) is -0.136. The molecule has 17 heavy (non-hydrogen) atoms. The summed E-state index contributed by atoms with van der Waals surface area (Å²) in [4.78, 5) is 17.4. The molecule has 2 rings (SSSR count). The van der Waals surface area contributed by atoms with Crippen molar-refractivity contribution in [3.8, 4) is 0 Å². The fraction of sp³-hybridized carbons (Fsp3) is 0.538. The van der Waals surface area contributed by atoms with Crippen molar-refractivity contribution in [1.82, 2.24) is 4.98 Å². The van der Waals surface area contributed by atoms with E-state index in [4.69, 9.17) is 0 Å². The van der Waals surface area contributed by atoms with Crippen molar-refractivity contribution in [1.29, 1.82) is 0 Å². The number of carboxylic acids is 1. The number of hydrogen-bond donors (Lipinski definition) is 1. The van der Waals surface area contributed by atoms with E-state index in [2.05, 4.69) is 16.8 Å². The van der Waals surface area contributed by atoms with Crippen molar-refractivity contribution in [3.63, 3.8) is 0 Å². The number of carbonyl (C=O) groups is 1. The summed E-state index contributed by atoms with van der Waals surface area (Å²) in [7, 11) is 0. The predicted octanol–water partition coefficient (Wildman–Crippen LogP) is 2.41. The molecule has 0 atom stereocenters. The zero-order chi connectivity index (χ0) is 12.3. The highest BCUT2D eigenvalue weighted by molar-refractivity contribution is 5.94. The Labute approximate surface area is 101 Å². The molecule has 1 aliphatic rings. The Balaban J connectivity index is 2.23. The predicted molar refractivity (Wildman–Crippen MR) is 66.4 cm³/mol. The third-order valence-corrected chi connectivity index (χ3v) is 3.04. The van der Waals surface area contributed by atoms with Gasteiger partial charge in [0.2, 0.25) is 0 Å². The lowest BCUT2D eigenvalue weighted by Gasteiger charge is -2.25.